The maximum atomic E-state index is 11.7. The van der Waals surface area contributed by atoms with Gasteiger partial charge in [0.25, 0.3) is 0 Å². The summed E-state index contributed by atoms with van der Waals surface area (Å²) in [4.78, 5) is 18.2. The Morgan fingerprint density at radius 2 is 2.28 bits per heavy atom. The fourth-order valence-corrected chi connectivity index (χ4v) is 2.66. The smallest absolute Gasteiger partial charge is 0.221 e. The number of nitrogens with one attached hydrogen (secondary N) is 2. The lowest BCUT2D eigenvalue weighted by atomic mass is 10.1. The van der Waals surface area contributed by atoms with Crippen LogP contribution in [-0.2, 0) is 16.6 Å². The second-order valence-electron chi connectivity index (χ2n) is 6.20. The van der Waals surface area contributed by atoms with E-state index in [1.165, 1.54) is 0 Å². The molecular weight excluding hydrogens is 435 g/mol. The standard InChI is InChI=1S/C16H28N6O2.HI/c1-12(2)20-15(23)5-6-18-16(17-3)22-7-8-24-14(11-22)13-9-19-21(4)10-13;/h9-10,12,14H,5-8,11H2,1-4H3,(H,17,18)(H,20,23);1H. The molecule has 1 aliphatic heterocycles. The van der Waals surface area contributed by atoms with Crippen molar-refractivity contribution in [2.45, 2.75) is 32.4 Å². The molecule has 8 nitrogen and oxygen atoms in total. The molecule has 1 atom stereocenters. The monoisotopic (exact) mass is 464 g/mol. The number of halogens is 1. The van der Waals surface area contributed by atoms with Crippen molar-refractivity contribution in [3.05, 3.63) is 18.0 Å². The average Bonchev–Trinajstić information content (AvgIpc) is 2.97. The summed E-state index contributed by atoms with van der Waals surface area (Å²) in [5, 5.41) is 10.3. The normalized spacial score (nSPS) is 18.0. The zero-order chi connectivity index (χ0) is 17.5. The quantitative estimate of drug-likeness (QED) is 0.385. The second-order valence-corrected chi connectivity index (χ2v) is 6.20. The van der Waals surface area contributed by atoms with Crippen LogP contribution in [0.25, 0.3) is 0 Å². The molecule has 2 heterocycles. The van der Waals surface area contributed by atoms with E-state index in [1.54, 1.807) is 11.7 Å². The Labute approximate surface area is 166 Å². The lowest BCUT2D eigenvalue weighted by Crippen LogP contribution is -2.48. The van der Waals surface area contributed by atoms with Crippen molar-refractivity contribution >= 4 is 35.8 Å². The molecule has 25 heavy (non-hydrogen) atoms. The van der Waals surface area contributed by atoms with Gasteiger partial charge in [0.15, 0.2) is 5.96 Å². The minimum atomic E-state index is -0.0183. The van der Waals surface area contributed by atoms with Gasteiger partial charge < -0.3 is 20.3 Å². The molecule has 9 heteroatoms. The van der Waals surface area contributed by atoms with Crippen LogP contribution in [-0.4, -0.2) is 65.9 Å². The topological polar surface area (TPSA) is 83.8 Å². The number of carbonyl (C=O) groups is 1. The van der Waals surface area contributed by atoms with Gasteiger partial charge in [-0.1, -0.05) is 0 Å². The Morgan fingerprint density at radius 3 is 2.88 bits per heavy atom. The lowest BCUT2D eigenvalue weighted by Gasteiger charge is -2.34. The summed E-state index contributed by atoms with van der Waals surface area (Å²) in [5.41, 5.74) is 1.06. The molecule has 2 rings (SSSR count). The van der Waals surface area contributed by atoms with E-state index in [0.29, 0.717) is 26.1 Å². The van der Waals surface area contributed by atoms with Gasteiger partial charge >= 0.3 is 0 Å². The Kier molecular flexibility index (Phi) is 9.19. The second kappa shape index (κ2) is 10.6. The molecule has 0 bridgehead atoms. The molecule has 0 radical (unpaired) electrons. The first kappa shape index (κ1) is 21.7. The Balaban J connectivity index is 0.00000312. The number of aryl methyl sites for hydroxylation is 1. The number of carbonyl (C=O) groups excluding carboxylic acids is 1. The molecule has 1 aromatic rings. The van der Waals surface area contributed by atoms with Gasteiger partial charge in [0.1, 0.15) is 6.10 Å². The van der Waals surface area contributed by atoms with Crippen LogP contribution in [0, 0.1) is 0 Å². The van der Waals surface area contributed by atoms with Gasteiger partial charge in [-0.25, -0.2) is 0 Å². The highest BCUT2D eigenvalue weighted by Crippen LogP contribution is 2.21. The maximum Gasteiger partial charge on any atom is 0.221 e. The average molecular weight is 464 g/mol. The third-order valence-electron chi connectivity index (χ3n) is 3.76. The Hall–Kier alpha value is -1.36. The molecule has 1 aromatic heterocycles. The van der Waals surface area contributed by atoms with Gasteiger partial charge in [-0.05, 0) is 13.8 Å². The van der Waals surface area contributed by atoms with E-state index in [2.05, 4.69) is 25.6 Å². The lowest BCUT2D eigenvalue weighted by molar-refractivity contribution is -0.121. The molecular formula is C16H29IN6O2. The van der Waals surface area contributed by atoms with Crippen molar-refractivity contribution in [3.8, 4) is 0 Å². The summed E-state index contributed by atoms with van der Waals surface area (Å²) in [7, 11) is 3.65. The molecule has 0 spiro atoms. The minimum Gasteiger partial charge on any atom is -0.370 e. The minimum absolute atomic E-state index is 0. The van der Waals surface area contributed by atoms with E-state index < -0.39 is 0 Å². The maximum absolute atomic E-state index is 11.7. The molecule has 1 saturated heterocycles. The van der Waals surface area contributed by atoms with Crippen LogP contribution in [0.4, 0.5) is 0 Å². The van der Waals surface area contributed by atoms with E-state index in [1.807, 2.05) is 33.3 Å². The van der Waals surface area contributed by atoms with Crippen molar-refractivity contribution in [2.75, 3.05) is 33.3 Å². The van der Waals surface area contributed by atoms with Gasteiger partial charge in [-0.15, -0.1) is 24.0 Å². The number of hydrogen-bond donors (Lipinski definition) is 2. The van der Waals surface area contributed by atoms with Crippen LogP contribution in [0.1, 0.15) is 31.9 Å². The molecule has 0 aliphatic carbocycles. The zero-order valence-corrected chi connectivity index (χ0v) is 17.7. The van der Waals surface area contributed by atoms with Crippen molar-refractivity contribution < 1.29 is 9.53 Å². The number of morpholine rings is 1. The van der Waals surface area contributed by atoms with E-state index in [-0.39, 0.29) is 42.0 Å². The van der Waals surface area contributed by atoms with Crippen LogP contribution in [0.5, 0.6) is 0 Å². The number of guanidine groups is 1. The molecule has 0 saturated carbocycles. The summed E-state index contributed by atoms with van der Waals surface area (Å²) >= 11 is 0. The summed E-state index contributed by atoms with van der Waals surface area (Å²) in [6.07, 6.45) is 4.21. The van der Waals surface area contributed by atoms with E-state index in [4.69, 9.17) is 4.74 Å². The van der Waals surface area contributed by atoms with Crippen LogP contribution in [0.2, 0.25) is 0 Å². The predicted octanol–water partition coefficient (Wildman–Crippen LogP) is 0.902. The SMILES string of the molecule is CN=C(NCCC(=O)NC(C)C)N1CCOC(c2cnn(C)c2)C1.I. The van der Waals surface area contributed by atoms with Crippen molar-refractivity contribution in [3.63, 3.8) is 0 Å². The molecule has 1 unspecified atom stereocenters. The third-order valence-corrected chi connectivity index (χ3v) is 3.76. The molecule has 0 aromatic carbocycles. The molecule has 142 valence electrons. The Bertz CT molecular complexity index is 575. The predicted molar refractivity (Wildman–Crippen MR) is 108 cm³/mol. The largest absolute Gasteiger partial charge is 0.370 e. The highest BCUT2D eigenvalue weighted by atomic mass is 127. The molecule has 1 fully saturated rings. The molecule has 1 aliphatic rings. The van der Waals surface area contributed by atoms with Crippen LogP contribution in [0.15, 0.2) is 17.4 Å². The van der Waals surface area contributed by atoms with Crippen molar-refractivity contribution in [1.82, 2.24) is 25.3 Å². The van der Waals surface area contributed by atoms with Gasteiger partial charge in [-0.3, -0.25) is 14.5 Å². The first-order valence-electron chi connectivity index (χ1n) is 8.34. The zero-order valence-electron chi connectivity index (χ0n) is 15.4. The van der Waals surface area contributed by atoms with Gasteiger partial charge in [0.2, 0.25) is 5.91 Å². The van der Waals surface area contributed by atoms with E-state index in [0.717, 1.165) is 18.1 Å². The van der Waals surface area contributed by atoms with Gasteiger partial charge in [0, 0.05) is 51.4 Å². The summed E-state index contributed by atoms with van der Waals surface area (Å²) in [6.45, 7) is 6.58. The van der Waals surface area contributed by atoms with E-state index >= 15 is 0 Å². The van der Waals surface area contributed by atoms with Gasteiger partial charge in [-0.2, -0.15) is 5.10 Å². The van der Waals surface area contributed by atoms with Gasteiger partial charge in [0.05, 0.1) is 19.3 Å². The first-order valence-corrected chi connectivity index (χ1v) is 8.34. The third kappa shape index (κ3) is 6.81. The fourth-order valence-electron chi connectivity index (χ4n) is 2.66. The molecule has 1 amide bonds. The first-order chi connectivity index (χ1) is 11.5. The summed E-state index contributed by atoms with van der Waals surface area (Å²) in [5.74, 6) is 0.840. The fraction of sp³-hybridized carbons (Fsp3) is 0.688. The van der Waals surface area contributed by atoms with Crippen molar-refractivity contribution in [2.24, 2.45) is 12.0 Å². The van der Waals surface area contributed by atoms with Crippen LogP contribution >= 0.6 is 24.0 Å². The highest BCUT2D eigenvalue weighted by Gasteiger charge is 2.25. The number of hydrogen-bond acceptors (Lipinski definition) is 4. The van der Waals surface area contributed by atoms with Crippen LogP contribution < -0.4 is 10.6 Å². The summed E-state index contributed by atoms with van der Waals surface area (Å²) < 4.78 is 7.62. The number of aliphatic imine (C=N–C) groups is 1. The van der Waals surface area contributed by atoms with E-state index in [9.17, 15) is 4.79 Å². The Morgan fingerprint density at radius 1 is 1.52 bits per heavy atom. The van der Waals surface area contributed by atoms with Crippen molar-refractivity contribution in [1.29, 1.82) is 0 Å². The summed E-state index contributed by atoms with van der Waals surface area (Å²) in [6, 6.07) is 0.163. The number of aromatic nitrogens is 2. The number of amides is 1. The number of nitrogens with zero attached hydrogens (tertiary/aromatic N) is 4. The number of rotatable bonds is 5. The highest BCUT2D eigenvalue weighted by molar-refractivity contribution is 14.0. The molecule has 2 N–H and O–H groups in total. The number of ether oxygens (including phenoxy) is 1. The van der Waals surface area contributed by atoms with Crippen LogP contribution in [0.3, 0.4) is 0 Å².